The molecule has 0 aliphatic carbocycles. The van der Waals surface area contributed by atoms with Gasteiger partial charge >= 0.3 is 5.97 Å². The number of ketones is 1. The lowest BCUT2D eigenvalue weighted by atomic mass is 9.96. The summed E-state index contributed by atoms with van der Waals surface area (Å²) >= 11 is 0. The van der Waals surface area contributed by atoms with Crippen LogP contribution in [0.15, 0.2) is 48.5 Å². The van der Waals surface area contributed by atoms with Gasteiger partial charge in [0, 0.05) is 5.56 Å². The summed E-state index contributed by atoms with van der Waals surface area (Å²) in [5, 5.41) is 2.77. The predicted octanol–water partition coefficient (Wildman–Crippen LogP) is 2.58. The van der Waals surface area contributed by atoms with Crippen LogP contribution >= 0.6 is 0 Å². The Morgan fingerprint density at radius 1 is 1.00 bits per heavy atom. The number of esters is 1. The van der Waals surface area contributed by atoms with E-state index in [1.807, 2.05) is 0 Å². The Labute approximate surface area is 173 Å². The van der Waals surface area contributed by atoms with Crippen molar-refractivity contribution < 1.29 is 28.7 Å². The van der Waals surface area contributed by atoms with Gasteiger partial charge in [0.05, 0.1) is 11.4 Å². The minimum Gasteiger partial charge on any atom is -0.482 e. The first kappa shape index (κ1) is 21.0. The molecule has 8 nitrogen and oxygen atoms in total. The number of nitrogens with one attached hydrogen (secondary N) is 1. The lowest BCUT2D eigenvalue weighted by Gasteiger charge is -2.41. The molecule has 1 aliphatic heterocycles. The molecular formula is C22H22N2O6. The second kappa shape index (κ2) is 8.36. The van der Waals surface area contributed by atoms with E-state index in [9.17, 15) is 19.2 Å². The molecule has 0 bridgehead atoms. The largest absolute Gasteiger partial charge is 0.482 e. The lowest BCUT2D eigenvalue weighted by molar-refractivity contribution is -0.150. The van der Waals surface area contributed by atoms with E-state index < -0.39 is 30.6 Å². The first-order chi connectivity index (χ1) is 14.2. The van der Waals surface area contributed by atoms with Gasteiger partial charge in [0.25, 0.3) is 5.91 Å². The zero-order chi connectivity index (χ0) is 21.9. The van der Waals surface area contributed by atoms with Crippen LogP contribution in [0.25, 0.3) is 0 Å². The third-order valence-corrected chi connectivity index (χ3v) is 4.73. The van der Waals surface area contributed by atoms with E-state index in [0.717, 1.165) is 0 Å². The number of fused-ring (bicyclic) bond motifs is 1. The molecule has 0 saturated carbocycles. The maximum absolute atomic E-state index is 12.8. The van der Waals surface area contributed by atoms with E-state index in [4.69, 9.17) is 9.47 Å². The molecule has 0 unspecified atom stereocenters. The number of nitrogens with zero attached hydrogens (tertiary/aromatic N) is 1. The molecule has 0 aromatic heterocycles. The summed E-state index contributed by atoms with van der Waals surface area (Å²) < 4.78 is 10.4. The van der Waals surface area contributed by atoms with Crippen LogP contribution in [0.2, 0.25) is 0 Å². The molecule has 2 aromatic carbocycles. The minimum atomic E-state index is -1.15. The van der Waals surface area contributed by atoms with Gasteiger partial charge < -0.3 is 14.8 Å². The molecule has 0 radical (unpaired) electrons. The Balaban J connectivity index is 1.60. The number of rotatable bonds is 6. The Hall–Kier alpha value is -3.68. The number of Topliss-reactive ketones (excluding diaryl/α,β-unsaturated/α-hetero) is 1. The van der Waals surface area contributed by atoms with E-state index in [0.29, 0.717) is 22.7 Å². The number of hydrogen-bond acceptors (Lipinski definition) is 6. The van der Waals surface area contributed by atoms with E-state index in [1.54, 1.807) is 62.4 Å². The van der Waals surface area contributed by atoms with E-state index >= 15 is 0 Å². The Bertz CT molecular complexity index is 997. The quantitative estimate of drug-likeness (QED) is 0.580. The smallest absolute Gasteiger partial charge is 0.344 e. The molecule has 0 fully saturated rings. The van der Waals surface area contributed by atoms with Crippen molar-refractivity contribution >= 4 is 34.9 Å². The van der Waals surface area contributed by atoms with Gasteiger partial charge in [-0.25, -0.2) is 4.79 Å². The Morgan fingerprint density at radius 2 is 1.67 bits per heavy atom. The van der Waals surface area contributed by atoms with E-state index in [1.165, 1.54) is 11.8 Å². The van der Waals surface area contributed by atoms with Gasteiger partial charge in [0.2, 0.25) is 5.91 Å². The van der Waals surface area contributed by atoms with Crippen molar-refractivity contribution in [2.75, 3.05) is 23.4 Å². The fraction of sp³-hybridized carbons (Fsp3) is 0.273. The van der Waals surface area contributed by atoms with Crippen molar-refractivity contribution in [1.82, 2.24) is 0 Å². The second-order valence-electron chi connectivity index (χ2n) is 7.29. The number of anilines is 2. The summed E-state index contributed by atoms with van der Waals surface area (Å²) in [6.45, 7) is 3.76. The first-order valence-electron chi connectivity index (χ1n) is 9.33. The third kappa shape index (κ3) is 4.32. The van der Waals surface area contributed by atoms with Crippen LogP contribution in [-0.2, 0) is 19.1 Å². The van der Waals surface area contributed by atoms with E-state index in [2.05, 4.69) is 5.32 Å². The number of benzene rings is 2. The Morgan fingerprint density at radius 3 is 2.33 bits per heavy atom. The average Bonchev–Trinajstić information content (AvgIpc) is 2.71. The maximum Gasteiger partial charge on any atom is 0.344 e. The molecule has 0 saturated heterocycles. The molecular weight excluding hydrogens is 388 g/mol. The van der Waals surface area contributed by atoms with Crippen LogP contribution in [0, 0.1) is 0 Å². The van der Waals surface area contributed by atoms with Gasteiger partial charge in [-0.15, -0.1) is 0 Å². The first-order valence-corrected chi connectivity index (χ1v) is 9.33. The zero-order valence-corrected chi connectivity index (χ0v) is 16.9. The van der Waals surface area contributed by atoms with Crippen LogP contribution in [0.1, 0.15) is 31.1 Å². The lowest BCUT2D eigenvalue weighted by Crippen LogP contribution is -2.59. The fourth-order valence-electron chi connectivity index (χ4n) is 3.07. The van der Waals surface area contributed by atoms with Crippen molar-refractivity contribution in [3.05, 3.63) is 54.1 Å². The predicted molar refractivity (Wildman–Crippen MR) is 110 cm³/mol. The molecule has 1 aliphatic rings. The van der Waals surface area contributed by atoms with Crippen molar-refractivity contribution in [1.29, 1.82) is 0 Å². The third-order valence-electron chi connectivity index (χ3n) is 4.73. The van der Waals surface area contributed by atoms with Gasteiger partial charge in [0.15, 0.2) is 19.0 Å². The van der Waals surface area contributed by atoms with Gasteiger partial charge in [-0.05, 0) is 57.2 Å². The second-order valence-corrected chi connectivity index (χ2v) is 7.29. The van der Waals surface area contributed by atoms with Crippen LogP contribution in [-0.4, -0.2) is 42.3 Å². The monoisotopic (exact) mass is 410 g/mol. The van der Waals surface area contributed by atoms with Crippen LogP contribution < -0.4 is 15.0 Å². The molecule has 8 heteroatoms. The van der Waals surface area contributed by atoms with Gasteiger partial charge in [-0.2, -0.15) is 0 Å². The summed E-state index contributed by atoms with van der Waals surface area (Å²) in [6, 6.07) is 13.2. The zero-order valence-electron chi connectivity index (χ0n) is 16.9. The summed E-state index contributed by atoms with van der Waals surface area (Å²) in [4.78, 5) is 49.8. The summed E-state index contributed by atoms with van der Waals surface area (Å²) in [5.41, 5.74) is 0.431. The molecule has 2 aromatic rings. The molecule has 0 atom stereocenters. The molecule has 0 spiro atoms. The number of hydrogen-bond donors (Lipinski definition) is 1. The molecule has 2 amide bonds. The number of para-hydroxylation sites is 2. The molecule has 156 valence electrons. The van der Waals surface area contributed by atoms with Gasteiger partial charge in [0.1, 0.15) is 11.3 Å². The topological polar surface area (TPSA) is 102 Å². The SMILES string of the molecule is CC(=O)c1ccc(OCC(=O)OCC(=O)N2c3ccccc3NC(=O)C2(C)C)cc1. The number of amides is 2. The van der Waals surface area contributed by atoms with Crippen molar-refractivity contribution in [3.8, 4) is 5.75 Å². The highest BCUT2D eigenvalue weighted by Gasteiger charge is 2.43. The number of carbonyl (C=O) groups is 4. The molecule has 3 rings (SSSR count). The number of carbonyl (C=O) groups excluding carboxylic acids is 4. The molecule has 30 heavy (non-hydrogen) atoms. The highest BCUT2D eigenvalue weighted by atomic mass is 16.6. The van der Waals surface area contributed by atoms with Crippen molar-refractivity contribution in [2.24, 2.45) is 0 Å². The highest BCUT2D eigenvalue weighted by molar-refractivity contribution is 6.14. The Kier molecular flexibility index (Phi) is 5.86. The highest BCUT2D eigenvalue weighted by Crippen LogP contribution is 2.36. The van der Waals surface area contributed by atoms with Crippen molar-refractivity contribution in [2.45, 2.75) is 26.3 Å². The summed E-state index contributed by atoms with van der Waals surface area (Å²) in [7, 11) is 0. The van der Waals surface area contributed by atoms with Gasteiger partial charge in [-0.3, -0.25) is 19.3 Å². The average molecular weight is 410 g/mol. The minimum absolute atomic E-state index is 0.0737. The summed E-state index contributed by atoms with van der Waals surface area (Å²) in [5.74, 6) is -1.27. The number of ether oxygens (including phenoxy) is 2. The van der Waals surface area contributed by atoms with E-state index in [-0.39, 0.29) is 11.7 Å². The maximum atomic E-state index is 12.8. The molecule has 1 heterocycles. The normalized spacial score (nSPS) is 14.4. The van der Waals surface area contributed by atoms with Crippen LogP contribution in [0.3, 0.4) is 0 Å². The van der Waals surface area contributed by atoms with Gasteiger partial charge in [-0.1, -0.05) is 12.1 Å². The van der Waals surface area contributed by atoms with Crippen LogP contribution in [0.5, 0.6) is 5.75 Å². The van der Waals surface area contributed by atoms with Crippen molar-refractivity contribution in [3.63, 3.8) is 0 Å². The standard InChI is InChI=1S/C22H22N2O6/c1-14(25)15-8-10-16(11-9-15)29-13-20(27)30-12-19(26)24-18-7-5-4-6-17(18)23-21(28)22(24,2)3/h4-11H,12-13H2,1-3H3,(H,23,28). The van der Waals surface area contributed by atoms with Crippen LogP contribution in [0.4, 0.5) is 11.4 Å². The summed E-state index contributed by atoms with van der Waals surface area (Å²) in [6.07, 6.45) is 0. The molecule has 1 N–H and O–H groups in total. The fourth-order valence-corrected chi connectivity index (χ4v) is 3.07.